The molecule has 1 aromatic rings. The van der Waals surface area contributed by atoms with Crippen LogP contribution in [0.1, 0.15) is 31.7 Å². The summed E-state index contributed by atoms with van der Waals surface area (Å²) >= 11 is 1.27. The number of thiophene rings is 1. The van der Waals surface area contributed by atoms with Gasteiger partial charge in [-0.1, -0.05) is 6.92 Å². The minimum absolute atomic E-state index is 0.0235. The van der Waals surface area contributed by atoms with Gasteiger partial charge >= 0.3 is 0 Å². The lowest BCUT2D eigenvalue weighted by atomic mass is 10.2. The van der Waals surface area contributed by atoms with E-state index in [1.807, 2.05) is 5.38 Å². The fraction of sp³-hybridized carbons (Fsp3) is 0.692. The van der Waals surface area contributed by atoms with E-state index in [4.69, 9.17) is 4.74 Å². The quantitative estimate of drug-likeness (QED) is 0.716. The summed E-state index contributed by atoms with van der Waals surface area (Å²) in [5.74, 6) is 0. The minimum Gasteiger partial charge on any atom is -0.377 e. The third kappa shape index (κ3) is 4.53. The second-order valence-electron chi connectivity index (χ2n) is 4.94. The molecule has 2 N–H and O–H groups in total. The Hall–Kier alpha value is -0.470. The standard InChI is InChI=1S/C13H22N2O3S2/c1-2-5-14-8-11-7-13(19-10-11)20(16,17)15-9-12-4-3-6-18-12/h7,10,12,14-15H,2-6,8-9H2,1H3. The Morgan fingerprint density at radius 2 is 2.35 bits per heavy atom. The molecule has 7 heteroatoms. The molecule has 0 saturated carbocycles. The molecule has 2 heterocycles. The second kappa shape index (κ2) is 7.51. The van der Waals surface area contributed by atoms with Gasteiger partial charge in [0.15, 0.2) is 0 Å². The fourth-order valence-electron chi connectivity index (χ4n) is 2.08. The van der Waals surface area contributed by atoms with Gasteiger partial charge in [0, 0.05) is 19.7 Å². The third-order valence-corrected chi connectivity index (χ3v) is 6.09. The lowest BCUT2D eigenvalue weighted by Gasteiger charge is -2.10. The highest BCUT2D eigenvalue weighted by atomic mass is 32.2. The number of sulfonamides is 1. The topological polar surface area (TPSA) is 67.4 Å². The van der Waals surface area contributed by atoms with E-state index in [1.54, 1.807) is 6.07 Å². The lowest BCUT2D eigenvalue weighted by Crippen LogP contribution is -2.31. The van der Waals surface area contributed by atoms with Crippen molar-refractivity contribution in [2.24, 2.45) is 0 Å². The van der Waals surface area contributed by atoms with Crippen LogP contribution in [0.3, 0.4) is 0 Å². The SMILES string of the molecule is CCCNCc1csc(S(=O)(=O)NCC2CCCO2)c1. The number of hydrogen-bond acceptors (Lipinski definition) is 5. The van der Waals surface area contributed by atoms with Crippen molar-refractivity contribution < 1.29 is 13.2 Å². The van der Waals surface area contributed by atoms with Gasteiger partial charge < -0.3 is 10.1 Å². The molecule has 2 rings (SSSR count). The van der Waals surface area contributed by atoms with Crippen LogP contribution in [0.25, 0.3) is 0 Å². The van der Waals surface area contributed by atoms with Crippen LogP contribution in [0.15, 0.2) is 15.7 Å². The third-order valence-electron chi connectivity index (χ3n) is 3.18. The summed E-state index contributed by atoms with van der Waals surface area (Å²) < 4.78 is 32.7. The van der Waals surface area contributed by atoms with Crippen LogP contribution in [-0.2, 0) is 21.3 Å². The summed E-state index contributed by atoms with van der Waals surface area (Å²) in [4.78, 5) is 0. The van der Waals surface area contributed by atoms with Gasteiger partial charge in [-0.3, -0.25) is 0 Å². The van der Waals surface area contributed by atoms with Crippen LogP contribution in [0, 0.1) is 0 Å². The summed E-state index contributed by atoms with van der Waals surface area (Å²) in [5, 5.41) is 5.16. The average Bonchev–Trinajstić information content (AvgIpc) is 3.08. The molecule has 0 aliphatic carbocycles. The van der Waals surface area contributed by atoms with Crippen molar-refractivity contribution in [2.45, 2.75) is 43.0 Å². The summed E-state index contributed by atoms with van der Waals surface area (Å²) in [6.45, 7) is 4.86. The number of hydrogen-bond donors (Lipinski definition) is 2. The van der Waals surface area contributed by atoms with Crippen molar-refractivity contribution in [2.75, 3.05) is 19.7 Å². The Balaban J connectivity index is 1.88. The van der Waals surface area contributed by atoms with E-state index in [-0.39, 0.29) is 6.10 Å². The normalized spacial score (nSPS) is 19.6. The molecule has 20 heavy (non-hydrogen) atoms. The number of rotatable bonds is 8. The summed E-state index contributed by atoms with van der Waals surface area (Å²) in [7, 11) is -3.40. The molecule has 1 aliphatic heterocycles. The molecule has 1 aromatic heterocycles. The van der Waals surface area contributed by atoms with E-state index in [0.717, 1.165) is 38.0 Å². The van der Waals surface area contributed by atoms with Crippen LogP contribution >= 0.6 is 11.3 Å². The highest BCUT2D eigenvalue weighted by molar-refractivity contribution is 7.91. The van der Waals surface area contributed by atoms with Crippen molar-refractivity contribution in [3.63, 3.8) is 0 Å². The maximum atomic E-state index is 12.2. The van der Waals surface area contributed by atoms with Gasteiger partial charge in [0.2, 0.25) is 10.0 Å². The Morgan fingerprint density at radius 1 is 1.50 bits per heavy atom. The van der Waals surface area contributed by atoms with Crippen molar-refractivity contribution in [1.82, 2.24) is 10.0 Å². The van der Waals surface area contributed by atoms with Gasteiger partial charge in [-0.05, 0) is 42.8 Å². The molecule has 1 aliphatic rings. The predicted octanol–water partition coefficient (Wildman–Crippen LogP) is 1.70. The molecule has 1 atom stereocenters. The van der Waals surface area contributed by atoms with Gasteiger partial charge in [0.1, 0.15) is 4.21 Å². The first kappa shape index (κ1) is 15.9. The van der Waals surface area contributed by atoms with Crippen LogP contribution in [0.2, 0.25) is 0 Å². The van der Waals surface area contributed by atoms with Crippen LogP contribution in [0.4, 0.5) is 0 Å². The fourth-order valence-corrected chi connectivity index (χ4v) is 4.40. The van der Waals surface area contributed by atoms with Gasteiger partial charge in [0.05, 0.1) is 6.10 Å². The summed E-state index contributed by atoms with van der Waals surface area (Å²) in [5.41, 5.74) is 1.01. The van der Waals surface area contributed by atoms with Crippen molar-refractivity contribution >= 4 is 21.4 Å². The smallest absolute Gasteiger partial charge is 0.250 e. The van der Waals surface area contributed by atoms with E-state index in [9.17, 15) is 8.42 Å². The summed E-state index contributed by atoms with van der Waals surface area (Å²) in [6.07, 6.45) is 3.03. The molecule has 0 radical (unpaired) electrons. The lowest BCUT2D eigenvalue weighted by molar-refractivity contribution is 0.114. The van der Waals surface area contributed by atoms with Gasteiger partial charge in [0.25, 0.3) is 0 Å². The van der Waals surface area contributed by atoms with E-state index in [1.165, 1.54) is 11.3 Å². The van der Waals surface area contributed by atoms with E-state index in [2.05, 4.69) is 17.0 Å². The van der Waals surface area contributed by atoms with Crippen LogP contribution < -0.4 is 10.0 Å². The van der Waals surface area contributed by atoms with E-state index >= 15 is 0 Å². The van der Waals surface area contributed by atoms with Gasteiger partial charge in [-0.25, -0.2) is 13.1 Å². The van der Waals surface area contributed by atoms with Gasteiger partial charge in [-0.2, -0.15) is 0 Å². The molecule has 1 saturated heterocycles. The number of ether oxygens (including phenoxy) is 1. The van der Waals surface area contributed by atoms with E-state index in [0.29, 0.717) is 17.3 Å². The average molecular weight is 318 g/mol. The monoisotopic (exact) mass is 318 g/mol. The Kier molecular flexibility index (Phi) is 5.98. The largest absolute Gasteiger partial charge is 0.377 e. The highest BCUT2D eigenvalue weighted by Gasteiger charge is 2.21. The second-order valence-corrected chi connectivity index (χ2v) is 7.84. The predicted molar refractivity (Wildman–Crippen MR) is 80.5 cm³/mol. The first-order chi connectivity index (χ1) is 9.62. The Labute approximate surface area is 124 Å². The summed E-state index contributed by atoms with van der Waals surface area (Å²) in [6, 6.07) is 1.74. The van der Waals surface area contributed by atoms with Crippen molar-refractivity contribution in [3.8, 4) is 0 Å². The maximum Gasteiger partial charge on any atom is 0.250 e. The minimum atomic E-state index is -3.40. The zero-order valence-corrected chi connectivity index (χ0v) is 13.4. The zero-order valence-electron chi connectivity index (χ0n) is 11.7. The molecule has 1 unspecified atom stereocenters. The molecular weight excluding hydrogens is 296 g/mol. The first-order valence-electron chi connectivity index (χ1n) is 7.01. The Bertz CT molecular complexity index is 507. The molecular formula is C13H22N2O3S2. The molecule has 5 nitrogen and oxygen atoms in total. The molecule has 0 aromatic carbocycles. The molecule has 0 spiro atoms. The number of nitrogens with one attached hydrogen (secondary N) is 2. The molecule has 114 valence electrons. The zero-order chi connectivity index (χ0) is 14.4. The molecule has 0 bridgehead atoms. The van der Waals surface area contributed by atoms with Crippen LogP contribution in [-0.4, -0.2) is 34.2 Å². The van der Waals surface area contributed by atoms with E-state index < -0.39 is 10.0 Å². The van der Waals surface area contributed by atoms with Crippen molar-refractivity contribution in [1.29, 1.82) is 0 Å². The molecule has 1 fully saturated rings. The first-order valence-corrected chi connectivity index (χ1v) is 9.37. The van der Waals surface area contributed by atoms with Crippen LogP contribution in [0.5, 0.6) is 0 Å². The molecule has 0 amide bonds. The van der Waals surface area contributed by atoms with Gasteiger partial charge in [-0.15, -0.1) is 11.3 Å². The Morgan fingerprint density at radius 3 is 3.05 bits per heavy atom. The maximum absolute atomic E-state index is 12.2. The highest BCUT2D eigenvalue weighted by Crippen LogP contribution is 2.20. The van der Waals surface area contributed by atoms with Crippen molar-refractivity contribution in [3.05, 3.63) is 17.0 Å².